The number of hydrogen-bond donors (Lipinski definition) is 0. The summed E-state index contributed by atoms with van der Waals surface area (Å²) in [5.41, 5.74) is 1.88. The molecule has 2 heterocycles. The van der Waals surface area contributed by atoms with Crippen molar-refractivity contribution in [2.45, 2.75) is 38.0 Å². The Morgan fingerprint density at radius 2 is 1.79 bits per heavy atom. The van der Waals surface area contributed by atoms with Crippen LogP contribution in [0.25, 0.3) is 0 Å². The fourth-order valence-corrected chi connectivity index (χ4v) is 4.31. The number of rotatable bonds is 4. The Morgan fingerprint density at radius 3 is 2.61 bits per heavy atom. The van der Waals surface area contributed by atoms with E-state index in [1.165, 1.54) is 6.07 Å². The molecule has 4 nitrogen and oxygen atoms in total. The highest BCUT2D eigenvalue weighted by atomic mass is 19.1. The molecule has 0 radical (unpaired) electrons. The molecule has 0 aromatic heterocycles. The number of hydrogen-bond acceptors (Lipinski definition) is 3. The molecule has 4 rings (SSSR count). The number of amides is 1. The third kappa shape index (κ3) is 4.59. The van der Waals surface area contributed by atoms with Gasteiger partial charge in [-0.1, -0.05) is 42.5 Å². The topological polar surface area (TPSA) is 32.8 Å². The summed E-state index contributed by atoms with van der Waals surface area (Å²) in [7, 11) is 0. The first-order chi connectivity index (χ1) is 13.6. The molecule has 0 aliphatic carbocycles. The molecule has 1 amide bonds. The van der Waals surface area contributed by atoms with Gasteiger partial charge in [0.05, 0.1) is 12.1 Å². The number of carbonyl (C=O) groups excluding carboxylic acids is 1. The molecule has 2 fully saturated rings. The van der Waals surface area contributed by atoms with Crippen molar-refractivity contribution in [2.24, 2.45) is 0 Å². The Balaban J connectivity index is 1.39. The highest BCUT2D eigenvalue weighted by molar-refractivity contribution is 5.78. The number of likely N-dealkylation sites (tertiary alicyclic amines) is 1. The van der Waals surface area contributed by atoms with Crippen LogP contribution in [0.3, 0.4) is 0 Å². The smallest absolute Gasteiger partial charge is 0.248 e. The summed E-state index contributed by atoms with van der Waals surface area (Å²) in [4.78, 5) is 16.7. The van der Waals surface area contributed by atoms with Gasteiger partial charge >= 0.3 is 0 Å². The predicted octanol–water partition coefficient (Wildman–Crippen LogP) is 3.61. The van der Waals surface area contributed by atoms with E-state index in [4.69, 9.17) is 4.74 Å². The van der Waals surface area contributed by atoms with Crippen molar-refractivity contribution in [2.75, 3.05) is 26.2 Å². The van der Waals surface area contributed by atoms with E-state index in [2.05, 4.69) is 17.0 Å². The minimum atomic E-state index is -0.265. The molecule has 1 spiro atoms. The Bertz CT molecular complexity index is 813. The lowest BCUT2D eigenvalue weighted by atomic mass is 9.92. The van der Waals surface area contributed by atoms with Crippen LogP contribution in [-0.4, -0.2) is 47.5 Å². The normalized spacial score (nSPS) is 23.8. The van der Waals surface area contributed by atoms with Crippen molar-refractivity contribution < 1.29 is 13.9 Å². The first kappa shape index (κ1) is 19.1. The molecule has 2 aliphatic rings. The summed E-state index contributed by atoms with van der Waals surface area (Å²) in [6.07, 6.45) is 2.86. The van der Waals surface area contributed by atoms with Gasteiger partial charge in [-0.15, -0.1) is 0 Å². The lowest BCUT2D eigenvalue weighted by Crippen LogP contribution is -2.54. The van der Waals surface area contributed by atoms with Crippen molar-refractivity contribution in [1.29, 1.82) is 0 Å². The third-order valence-corrected chi connectivity index (χ3v) is 5.84. The van der Waals surface area contributed by atoms with Gasteiger partial charge < -0.3 is 9.64 Å². The minimum absolute atomic E-state index is 0.0651. The number of morpholine rings is 1. The first-order valence-corrected chi connectivity index (χ1v) is 10.0. The Morgan fingerprint density at radius 1 is 0.964 bits per heavy atom. The summed E-state index contributed by atoms with van der Waals surface area (Å²) in [5.74, 6) is -0.121. The van der Waals surface area contributed by atoms with Gasteiger partial charge in [0.1, 0.15) is 12.4 Å². The van der Waals surface area contributed by atoms with Crippen molar-refractivity contribution in [3.63, 3.8) is 0 Å². The fraction of sp³-hybridized carbons (Fsp3) is 0.435. The van der Waals surface area contributed by atoms with E-state index in [1.807, 2.05) is 29.2 Å². The van der Waals surface area contributed by atoms with Crippen LogP contribution in [0.5, 0.6) is 0 Å². The van der Waals surface area contributed by atoms with Crippen molar-refractivity contribution in [3.8, 4) is 0 Å². The standard InChI is InChI=1S/C23H27FN2O2/c24-21-9-4-8-20(14-21)15-25-12-5-10-23(11-13-25)18-26(22(27)17-28-23)16-19-6-2-1-3-7-19/h1-4,6-9,14H,5,10-13,15-18H2. The van der Waals surface area contributed by atoms with E-state index in [1.54, 1.807) is 12.1 Å². The van der Waals surface area contributed by atoms with Crippen molar-refractivity contribution in [3.05, 3.63) is 71.5 Å². The van der Waals surface area contributed by atoms with E-state index >= 15 is 0 Å². The molecule has 0 N–H and O–H groups in total. The molecular weight excluding hydrogens is 355 g/mol. The zero-order valence-electron chi connectivity index (χ0n) is 16.1. The van der Waals surface area contributed by atoms with Crippen LogP contribution in [0, 0.1) is 5.82 Å². The summed E-state index contributed by atoms with van der Waals surface area (Å²) in [5, 5.41) is 0. The number of nitrogens with zero attached hydrogens (tertiary/aromatic N) is 2. The second-order valence-corrected chi connectivity index (χ2v) is 7.97. The van der Waals surface area contributed by atoms with Gasteiger partial charge in [-0.05, 0) is 49.1 Å². The summed E-state index contributed by atoms with van der Waals surface area (Å²) >= 11 is 0. The SMILES string of the molecule is O=C1COC2(CCCN(Cc3cccc(F)c3)CC2)CN1Cc1ccccc1. The Labute approximate surface area is 165 Å². The number of ether oxygens (including phenoxy) is 1. The average Bonchev–Trinajstić information content (AvgIpc) is 2.88. The lowest BCUT2D eigenvalue weighted by Gasteiger charge is -2.42. The maximum Gasteiger partial charge on any atom is 0.248 e. The maximum atomic E-state index is 13.5. The van der Waals surface area contributed by atoms with E-state index in [9.17, 15) is 9.18 Å². The Hall–Kier alpha value is -2.24. The van der Waals surface area contributed by atoms with Crippen molar-refractivity contribution >= 4 is 5.91 Å². The number of halogens is 1. The monoisotopic (exact) mass is 382 g/mol. The zero-order chi connectivity index (χ0) is 19.4. The number of benzene rings is 2. The van der Waals surface area contributed by atoms with Crippen LogP contribution < -0.4 is 0 Å². The van der Waals surface area contributed by atoms with Gasteiger partial charge in [0.25, 0.3) is 0 Å². The summed E-state index contributed by atoms with van der Waals surface area (Å²) in [6, 6.07) is 16.9. The predicted molar refractivity (Wildman–Crippen MR) is 106 cm³/mol. The molecule has 28 heavy (non-hydrogen) atoms. The van der Waals surface area contributed by atoms with Gasteiger partial charge in [-0.3, -0.25) is 9.69 Å². The third-order valence-electron chi connectivity index (χ3n) is 5.84. The number of carbonyl (C=O) groups is 1. The van der Waals surface area contributed by atoms with Gasteiger partial charge in [0, 0.05) is 19.6 Å². The van der Waals surface area contributed by atoms with Crippen LogP contribution in [0.2, 0.25) is 0 Å². The summed E-state index contributed by atoms with van der Waals surface area (Å²) < 4.78 is 19.6. The molecule has 2 aliphatic heterocycles. The van der Waals surface area contributed by atoms with Crippen LogP contribution >= 0.6 is 0 Å². The molecule has 0 saturated carbocycles. The van der Waals surface area contributed by atoms with Gasteiger partial charge in [0.15, 0.2) is 0 Å². The second-order valence-electron chi connectivity index (χ2n) is 7.97. The van der Waals surface area contributed by atoms with E-state index in [0.29, 0.717) is 13.1 Å². The largest absolute Gasteiger partial charge is 0.363 e. The summed E-state index contributed by atoms with van der Waals surface area (Å²) in [6.45, 7) is 4.06. The molecule has 1 unspecified atom stereocenters. The highest BCUT2D eigenvalue weighted by Gasteiger charge is 2.40. The Kier molecular flexibility index (Phi) is 5.74. The van der Waals surface area contributed by atoms with Gasteiger partial charge in [0.2, 0.25) is 5.91 Å². The molecule has 148 valence electrons. The van der Waals surface area contributed by atoms with E-state index in [0.717, 1.165) is 50.0 Å². The van der Waals surface area contributed by atoms with Crippen LogP contribution in [0.15, 0.2) is 54.6 Å². The van der Waals surface area contributed by atoms with E-state index in [-0.39, 0.29) is 23.9 Å². The molecule has 1 atom stereocenters. The molecule has 0 bridgehead atoms. The molecule has 2 aromatic rings. The first-order valence-electron chi connectivity index (χ1n) is 10.0. The zero-order valence-corrected chi connectivity index (χ0v) is 16.1. The lowest BCUT2D eigenvalue weighted by molar-refractivity contribution is -0.166. The van der Waals surface area contributed by atoms with Crippen LogP contribution in [-0.2, 0) is 22.6 Å². The molecular formula is C23H27FN2O2. The maximum absolute atomic E-state index is 13.5. The minimum Gasteiger partial charge on any atom is -0.363 e. The van der Waals surface area contributed by atoms with Crippen molar-refractivity contribution in [1.82, 2.24) is 9.80 Å². The fourth-order valence-electron chi connectivity index (χ4n) is 4.31. The van der Waals surface area contributed by atoms with Crippen LogP contribution in [0.1, 0.15) is 30.4 Å². The second kappa shape index (κ2) is 8.41. The van der Waals surface area contributed by atoms with Gasteiger partial charge in [-0.25, -0.2) is 4.39 Å². The molecule has 2 aromatic carbocycles. The van der Waals surface area contributed by atoms with Crippen LogP contribution in [0.4, 0.5) is 4.39 Å². The van der Waals surface area contributed by atoms with E-state index < -0.39 is 0 Å². The molecule has 2 saturated heterocycles. The van der Waals surface area contributed by atoms with Gasteiger partial charge in [-0.2, -0.15) is 0 Å². The highest BCUT2D eigenvalue weighted by Crippen LogP contribution is 2.31. The average molecular weight is 382 g/mol. The molecule has 5 heteroatoms. The quantitative estimate of drug-likeness (QED) is 0.810.